The summed E-state index contributed by atoms with van der Waals surface area (Å²) in [4.78, 5) is 0. The smallest absolute Gasteiger partial charge is 0.0591 e. The van der Waals surface area contributed by atoms with Gasteiger partial charge in [0.05, 0.1) is 6.10 Å². The number of hydrogen-bond donors (Lipinski definition) is 1. The molecule has 62 valence electrons. The summed E-state index contributed by atoms with van der Waals surface area (Å²) in [5.41, 5.74) is 0. The topological polar surface area (TPSA) is 20.2 Å². The van der Waals surface area contributed by atoms with Crippen LogP contribution in [0.5, 0.6) is 0 Å². The van der Waals surface area contributed by atoms with Crippen molar-refractivity contribution in [3.63, 3.8) is 0 Å². The molecule has 0 unspecified atom stereocenters. The van der Waals surface area contributed by atoms with Crippen LogP contribution in [0.3, 0.4) is 0 Å². The zero-order valence-corrected chi connectivity index (χ0v) is 7.59. The van der Waals surface area contributed by atoms with Gasteiger partial charge in [0, 0.05) is 0 Å². The third kappa shape index (κ3) is 2.70. The van der Waals surface area contributed by atoms with E-state index in [1.54, 1.807) is 0 Å². The Hall–Kier alpha value is -0.0400. The highest BCUT2D eigenvalue weighted by molar-refractivity contribution is 4.68. The molecule has 0 amide bonds. The molecule has 0 rings (SSSR count). The Morgan fingerprint density at radius 2 is 1.30 bits per heavy atom. The molecular weight excluding hydrogens is 124 g/mol. The number of aliphatic hydroxyl groups is 1. The second-order valence-corrected chi connectivity index (χ2v) is 3.26. The van der Waals surface area contributed by atoms with E-state index in [2.05, 4.69) is 27.7 Å². The van der Waals surface area contributed by atoms with Gasteiger partial charge in [0.2, 0.25) is 0 Å². The molecule has 0 aromatic carbocycles. The molecular formula is C9H20O. The first-order chi connectivity index (χ1) is 4.63. The van der Waals surface area contributed by atoms with Gasteiger partial charge < -0.3 is 5.11 Å². The first kappa shape index (κ1) is 9.96. The summed E-state index contributed by atoms with van der Waals surface area (Å²) in [6.45, 7) is 8.46. The van der Waals surface area contributed by atoms with Crippen molar-refractivity contribution in [3.05, 3.63) is 0 Å². The van der Waals surface area contributed by atoms with Gasteiger partial charge >= 0.3 is 0 Å². The minimum atomic E-state index is -0.102. The highest BCUT2D eigenvalue weighted by Gasteiger charge is 2.17. The molecule has 0 bridgehead atoms. The van der Waals surface area contributed by atoms with Crippen LogP contribution in [0.1, 0.15) is 40.5 Å². The minimum absolute atomic E-state index is 0.102. The zero-order chi connectivity index (χ0) is 8.15. The molecule has 0 aromatic heterocycles. The van der Waals surface area contributed by atoms with Crippen LogP contribution in [0.25, 0.3) is 0 Å². The lowest BCUT2D eigenvalue weighted by molar-refractivity contribution is 0.0616. The molecule has 0 aliphatic rings. The van der Waals surface area contributed by atoms with Gasteiger partial charge in [-0.3, -0.25) is 0 Å². The van der Waals surface area contributed by atoms with E-state index in [-0.39, 0.29) is 6.10 Å². The quantitative estimate of drug-likeness (QED) is 0.642. The zero-order valence-electron chi connectivity index (χ0n) is 7.59. The molecule has 1 heteroatoms. The van der Waals surface area contributed by atoms with E-state index >= 15 is 0 Å². The maximum Gasteiger partial charge on any atom is 0.0591 e. The van der Waals surface area contributed by atoms with E-state index < -0.39 is 0 Å². The van der Waals surface area contributed by atoms with E-state index in [4.69, 9.17) is 0 Å². The molecule has 1 N–H and O–H groups in total. The lowest BCUT2D eigenvalue weighted by atomic mass is 9.90. The molecule has 0 heterocycles. The number of aliphatic hydroxyl groups excluding tert-OH is 1. The average molecular weight is 144 g/mol. The van der Waals surface area contributed by atoms with Crippen LogP contribution >= 0.6 is 0 Å². The van der Waals surface area contributed by atoms with Gasteiger partial charge in [-0.15, -0.1) is 0 Å². The fourth-order valence-electron chi connectivity index (χ4n) is 1.04. The summed E-state index contributed by atoms with van der Waals surface area (Å²) in [6.07, 6.45) is 2.05. The SMILES string of the molecule is CC[C@H](C)C(O)[C@@H](C)CC. The molecule has 0 aliphatic heterocycles. The lowest BCUT2D eigenvalue weighted by Gasteiger charge is -2.22. The Kier molecular flexibility index (Phi) is 4.71. The third-order valence-electron chi connectivity index (χ3n) is 2.45. The lowest BCUT2D eigenvalue weighted by Crippen LogP contribution is -2.24. The highest BCUT2D eigenvalue weighted by Crippen LogP contribution is 2.17. The van der Waals surface area contributed by atoms with Gasteiger partial charge in [-0.1, -0.05) is 40.5 Å². The van der Waals surface area contributed by atoms with Crippen LogP contribution in [0.2, 0.25) is 0 Å². The molecule has 1 nitrogen and oxygen atoms in total. The number of hydrogen-bond acceptors (Lipinski definition) is 1. The van der Waals surface area contributed by atoms with E-state index in [1.165, 1.54) is 0 Å². The fraction of sp³-hybridized carbons (Fsp3) is 1.00. The fourth-order valence-corrected chi connectivity index (χ4v) is 1.04. The number of rotatable bonds is 4. The Bertz CT molecular complexity index is 70.8. The average Bonchev–Trinajstić information content (AvgIpc) is 2.00. The molecule has 0 saturated carbocycles. The Morgan fingerprint density at radius 1 is 1.00 bits per heavy atom. The first-order valence-electron chi connectivity index (χ1n) is 4.31. The van der Waals surface area contributed by atoms with Crippen LogP contribution in [0, 0.1) is 11.8 Å². The Balaban J connectivity index is 3.69. The Morgan fingerprint density at radius 3 is 1.50 bits per heavy atom. The third-order valence-corrected chi connectivity index (χ3v) is 2.45. The van der Waals surface area contributed by atoms with Crippen molar-refractivity contribution in [1.29, 1.82) is 0 Å². The second-order valence-electron chi connectivity index (χ2n) is 3.26. The van der Waals surface area contributed by atoms with Crippen LogP contribution < -0.4 is 0 Å². The maximum atomic E-state index is 9.59. The van der Waals surface area contributed by atoms with Gasteiger partial charge in [0.1, 0.15) is 0 Å². The van der Waals surface area contributed by atoms with E-state index in [0.717, 1.165) is 12.8 Å². The molecule has 0 radical (unpaired) electrons. The van der Waals surface area contributed by atoms with Gasteiger partial charge in [0.15, 0.2) is 0 Å². The van der Waals surface area contributed by atoms with Crippen molar-refractivity contribution >= 4 is 0 Å². The van der Waals surface area contributed by atoms with Crippen LogP contribution in [-0.4, -0.2) is 11.2 Å². The van der Waals surface area contributed by atoms with Crippen molar-refractivity contribution < 1.29 is 5.11 Å². The maximum absolute atomic E-state index is 9.59. The van der Waals surface area contributed by atoms with Crippen molar-refractivity contribution in [2.45, 2.75) is 46.6 Å². The van der Waals surface area contributed by atoms with Gasteiger partial charge in [-0.25, -0.2) is 0 Å². The molecule has 0 saturated heterocycles. The normalized spacial score (nSPS) is 17.4. The van der Waals surface area contributed by atoms with Crippen LogP contribution in [0.15, 0.2) is 0 Å². The molecule has 0 aromatic rings. The standard InChI is InChI=1S/C9H20O/c1-5-7(3)9(10)8(4)6-2/h7-10H,5-6H2,1-4H3/t7-,8-/m0/s1. The molecule has 0 spiro atoms. The van der Waals surface area contributed by atoms with E-state index in [1.807, 2.05) is 0 Å². The van der Waals surface area contributed by atoms with Gasteiger partial charge in [-0.2, -0.15) is 0 Å². The van der Waals surface area contributed by atoms with E-state index in [0.29, 0.717) is 11.8 Å². The van der Waals surface area contributed by atoms with Crippen molar-refractivity contribution in [1.82, 2.24) is 0 Å². The molecule has 2 atom stereocenters. The van der Waals surface area contributed by atoms with Gasteiger partial charge in [0.25, 0.3) is 0 Å². The minimum Gasteiger partial charge on any atom is -0.393 e. The Labute approximate surface area is 64.5 Å². The first-order valence-corrected chi connectivity index (χ1v) is 4.31. The largest absolute Gasteiger partial charge is 0.393 e. The van der Waals surface area contributed by atoms with Crippen molar-refractivity contribution in [3.8, 4) is 0 Å². The van der Waals surface area contributed by atoms with Gasteiger partial charge in [-0.05, 0) is 11.8 Å². The van der Waals surface area contributed by atoms with Crippen LogP contribution in [-0.2, 0) is 0 Å². The molecule has 0 aliphatic carbocycles. The summed E-state index contributed by atoms with van der Waals surface area (Å²) in [7, 11) is 0. The predicted octanol–water partition coefficient (Wildman–Crippen LogP) is 2.44. The summed E-state index contributed by atoms with van der Waals surface area (Å²) in [5, 5.41) is 9.59. The summed E-state index contributed by atoms with van der Waals surface area (Å²) in [6, 6.07) is 0. The van der Waals surface area contributed by atoms with Crippen molar-refractivity contribution in [2.24, 2.45) is 11.8 Å². The molecule has 10 heavy (non-hydrogen) atoms. The molecule has 0 fully saturated rings. The summed E-state index contributed by atoms with van der Waals surface area (Å²) >= 11 is 0. The van der Waals surface area contributed by atoms with E-state index in [9.17, 15) is 5.11 Å². The predicted molar refractivity (Wildman–Crippen MR) is 44.9 cm³/mol. The summed E-state index contributed by atoms with van der Waals surface area (Å²) < 4.78 is 0. The van der Waals surface area contributed by atoms with Crippen molar-refractivity contribution in [2.75, 3.05) is 0 Å². The summed E-state index contributed by atoms with van der Waals surface area (Å²) in [5.74, 6) is 0.907. The monoisotopic (exact) mass is 144 g/mol. The highest BCUT2D eigenvalue weighted by atomic mass is 16.3. The second kappa shape index (κ2) is 4.73. The van der Waals surface area contributed by atoms with Crippen LogP contribution in [0.4, 0.5) is 0 Å².